The molecule has 0 fully saturated rings. The summed E-state index contributed by atoms with van der Waals surface area (Å²) in [5.41, 5.74) is 3.18. The van der Waals surface area contributed by atoms with Gasteiger partial charge in [0.2, 0.25) is 0 Å². The van der Waals surface area contributed by atoms with Crippen LogP contribution in [0.25, 0.3) is 5.52 Å². The van der Waals surface area contributed by atoms with Crippen LogP contribution in [0, 0.1) is 11.3 Å². The van der Waals surface area contributed by atoms with E-state index in [2.05, 4.69) is 6.07 Å². The highest BCUT2D eigenvalue weighted by molar-refractivity contribution is 6.21. The lowest BCUT2D eigenvalue weighted by Gasteiger charge is -2.16. The molecular formula is C27H19N3O5. The molecule has 0 spiro atoms. The number of fused-ring (bicyclic) bond motifs is 2. The molecule has 0 atom stereocenters. The van der Waals surface area contributed by atoms with Gasteiger partial charge in [0, 0.05) is 18.0 Å². The Morgan fingerprint density at radius 2 is 1.71 bits per heavy atom. The number of pyridine rings is 1. The van der Waals surface area contributed by atoms with Crippen molar-refractivity contribution in [3.05, 3.63) is 106 Å². The number of hydrogen-bond acceptors (Lipinski definition) is 6. The van der Waals surface area contributed by atoms with Gasteiger partial charge in [0.05, 0.1) is 35.9 Å². The molecule has 172 valence electrons. The largest absolute Gasteiger partial charge is 0.496 e. The van der Waals surface area contributed by atoms with Gasteiger partial charge in [-0.1, -0.05) is 24.3 Å². The molecule has 0 unspecified atom stereocenters. The normalized spacial score (nSPS) is 12.5. The number of hydrogen-bond donors (Lipinski definition) is 0. The molecule has 5 rings (SSSR count). The van der Waals surface area contributed by atoms with Gasteiger partial charge in [-0.3, -0.25) is 14.5 Å². The maximum absolute atomic E-state index is 13.0. The molecule has 0 radical (unpaired) electrons. The fraction of sp³-hybridized carbons (Fsp3) is 0.111. The van der Waals surface area contributed by atoms with Gasteiger partial charge in [-0.15, -0.1) is 0 Å². The van der Waals surface area contributed by atoms with Crippen molar-refractivity contribution in [1.82, 2.24) is 9.30 Å². The zero-order valence-corrected chi connectivity index (χ0v) is 18.7. The van der Waals surface area contributed by atoms with E-state index in [0.29, 0.717) is 33.6 Å². The molecule has 0 saturated heterocycles. The van der Waals surface area contributed by atoms with Crippen molar-refractivity contribution < 1.29 is 23.9 Å². The van der Waals surface area contributed by atoms with Crippen molar-refractivity contribution in [2.75, 3.05) is 7.11 Å². The summed E-state index contributed by atoms with van der Waals surface area (Å²) in [7, 11) is 1.43. The lowest BCUT2D eigenvalue weighted by atomic mass is 10.1. The van der Waals surface area contributed by atoms with Crippen molar-refractivity contribution in [2.24, 2.45) is 0 Å². The number of benzene rings is 2. The van der Waals surface area contributed by atoms with Crippen LogP contribution in [0.4, 0.5) is 0 Å². The molecule has 0 bridgehead atoms. The lowest BCUT2D eigenvalue weighted by Crippen LogP contribution is -2.29. The number of aromatic nitrogens is 1. The summed E-state index contributed by atoms with van der Waals surface area (Å²) < 4.78 is 12.6. The van der Waals surface area contributed by atoms with Crippen LogP contribution in [0.5, 0.6) is 5.75 Å². The number of methoxy groups -OCH3 is 1. The van der Waals surface area contributed by atoms with Crippen molar-refractivity contribution in [3.8, 4) is 11.8 Å². The van der Waals surface area contributed by atoms with Crippen LogP contribution in [-0.4, -0.2) is 34.2 Å². The number of nitriles is 1. The first-order chi connectivity index (χ1) is 17.0. The van der Waals surface area contributed by atoms with Gasteiger partial charge in [0.15, 0.2) is 0 Å². The fourth-order valence-corrected chi connectivity index (χ4v) is 4.22. The minimum absolute atomic E-state index is 0.0000808. The monoisotopic (exact) mass is 465 g/mol. The molecule has 4 aromatic rings. The Hall–Kier alpha value is -4.90. The molecule has 35 heavy (non-hydrogen) atoms. The minimum atomic E-state index is -0.648. The van der Waals surface area contributed by atoms with E-state index in [1.54, 1.807) is 53.1 Å². The van der Waals surface area contributed by atoms with E-state index in [1.165, 1.54) is 7.11 Å². The molecular weight excluding hydrogens is 446 g/mol. The van der Waals surface area contributed by atoms with Gasteiger partial charge in [-0.25, -0.2) is 4.79 Å². The Bertz CT molecular complexity index is 1510. The van der Waals surface area contributed by atoms with Gasteiger partial charge in [0.25, 0.3) is 11.8 Å². The second kappa shape index (κ2) is 8.80. The molecule has 8 nitrogen and oxygen atoms in total. The predicted molar refractivity (Wildman–Crippen MR) is 125 cm³/mol. The molecule has 1 aliphatic heterocycles. The highest BCUT2D eigenvalue weighted by Gasteiger charge is 2.35. The highest BCUT2D eigenvalue weighted by atomic mass is 16.5. The van der Waals surface area contributed by atoms with E-state index in [9.17, 15) is 19.6 Å². The van der Waals surface area contributed by atoms with Gasteiger partial charge < -0.3 is 13.9 Å². The Kier molecular flexibility index (Phi) is 5.51. The van der Waals surface area contributed by atoms with E-state index in [4.69, 9.17) is 9.47 Å². The van der Waals surface area contributed by atoms with Crippen LogP contribution in [0.1, 0.15) is 47.8 Å². The smallest absolute Gasteiger partial charge is 0.342 e. The molecule has 2 aromatic heterocycles. The van der Waals surface area contributed by atoms with E-state index in [0.717, 1.165) is 10.4 Å². The van der Waals surface area contributed by atoms with Crippen LogP contribution >= 0.6 is 0 Å². The zero-order chi connectivity index (χ0) is 24.5. The Labute approximate surface area is 200 Å². The summed E-state index contributed by atoms with van der Waals surface area (Å²) in [5, 5.41) is 9.57. The number of ether oxygens (including phenoxy) is 2. The topological polar surface area (TPSA) is 101 Å². The first kappa shape index (κ1) is 21.9. The quantitative estimate of drug-likeness (QED) is 0.315. The first-order valence-corrected chi connectivity index (χ1v) is 10.8. The van der Waals surface area contributed by atoms with E-state index < -0.39 is 5.97 Å². The SMILES string of the molecule is COc1ccc(CN2C(=O)c3ccccc3C2=O)cc1C(=O)OCc1cn2ccccc2c1C#N. The number of amides is 2. The third kappa shape index (κ3) is 3.79. The third-order valence-electron chi connectivity index (χ3n) is 5.94. The van der Waals surface area contributed by atoms with E-state index >= 15 is 0 Å². The van der Waals surface area contributed by atoms with Crippen LogP contribution in [0.3, 0.4) is 0 Å². The number of carbonyl (C=O) groups excluding carboxylic acids is 3. The summed E-state index contributed by atoms with van der Waals surface area (Å²) in [6.07, 6.45) is 3.56. The van der Waals surface area contributed by atoms with Crippen LogP contribution in [-0.2, 0) is 17.9 Å². The Morgan fingerprint density at radius 1 is 1.00 bits per heavy atom. The van der Waals surface area contributed by atoms with Gasteiger partial charge >= 0.3 is 5.97 Å². The fourth-order valence-electron chi connectivity index (χ4n) is 4.22. The van der Waals surface area contributed by atoms with Crippen molar-refractivity contribution >= 4 is 23.3 Å². The zero-order valence-electron chi connectivity index (χ0n) is 18.7. The lowest BCUT2D eigenvalue weighted by molar-refractivity contribution is 0.0468. The number of nitrogens with zero attached hydrogens (tertiary/aromatic N) is 3. The molecule has 8 heteroatoms. The number of carbonyl (C=O) groups is 3. The number of rotatable bonds is 6. The van der Waals surface area contributed by atoms with Crippen LogP contribution < -0.4 is 4.74 Å². The molecule has 0 aliphatic carbocycles. The summed E-state index contributed by atoms with van der Waals surface area (Å²) >= 11 is 0. The second-order valence-electron chi connectivity index (χ2n) is 7.99. The predicted octanol–water partition coefficient (Wildman–Crippen LogP) is 3.97. The highest BCUT2D eigenvalue weighted by Crippen LogP contribution is 2.27. The van der Waals surface area contributed by atoms with Crippen molar-refractivity contribution in [1.29, 1.82) is 5.26 Å². The molecule has 0 saturated carbocycles. The average Bonchev–Trinajstić information content (AvgIpc) is 3.37. The maximum atomic E-state index is 13.0. The standard InChI is InChI=1S/C27H19N3O5/c1-34-24-10-9-17(14-30-25(31)19-6-2-3-7-20(19)26(30)32)12-21(24)27(33)35-16-18-15-29-11-5-4-8-23(29)22(18)13-28/h2-12,15H,14,16H2,1H3. The second-order valence-corrected chi connectivity index (χ2v) is 7.99. The van der Waals surface area contributed by atoms with Gasteiger partial charge in [-0.2, -0.15) is 5.26 Å². The summed E-state index contributed by atoms with van der Waals surface area (Å²) in [4.78, 5) is 39.5. The minimum Gasteiger partial charge on any atom is -0.496 e. The van der Waals surface area contributed by atoms with Gasteiger partial charge in [-0.05, 0) is 42.0 Å². The molecule has 1 aliphatic rings. The average molecular weight is 465 g/mol. The molecule has 3 heterocycles. The summed E-state index contributed by atoms with van der Waals surface area (Å²) in [5.74, 6) is -1.11. The maximum Gasteiger partial charge on any atom is 0.342 e. The van der Waals surface area contributed by atoms with Crippen LogP contribution in [0.2, 0.25) is 0 Å². The molecule has 0 N–H and O–H groups in total. The third-order valence-corrected chi connectivity index (χ3v) is 5.94. The molecule has 2 amide bonds. The Morgan fingerprint density at radius 3 is 2.40 bits per heavy atom. The molecule has 2 aromatic carbocycles. The summed E-state index contributed by atoms with van der Waals surface area (Å²) in [6, 6.07) is 19.1. The Balaban J connectivity index is 1.37. The van der Waals surface area contributed by atoms with Crippen molar-refractivity contribution in [2.45, 2.75) is 13.2 Å². The van der Waals surface area contributed by atoms with Crippen molar-refractivity contribution in [3.63, 3.8) is 0 Å². The van der Waals surface area contributed by atoms with Crippen LogP contribution in [0.15, 0.2) is 73.1 Å². The van der Waals surface area contributed by atoms with Gasteiger partial charge in [0.1, 0.15) is 24.0 Å². The van der Waals surface area contributed by atoms with E-state index in [-0.39, 0.29) is 30.5 Å². The number of esters is 1. The summed E-state index contributed by atoms with van der Waals surface area (Å²) in [6.45, 7) is -0.102. The first-order valence-electron chi connectivity index (χ1n) is 10.8. The number of imide groups is 1. The van der Waals surface area contributed by atoms with E-state index in [1.807, 2.05) is 24.4 Å².